The number of nitrogens with zero attached hydrogens (tertiary/aromatic N) is 1. The first-order valence-electron chi connectivity index (χ1n) is 7.35. The van der Waals surface area contributed by atoms with Gasteiger partial charge in [-0.15, -0.1) is 0 Å². The molecule has 0 aromatic heterocycles. The molecule has 0 bridgehead atoms. The van der Waals surface area contributed by atoms with Crippen LogP contribution >= 0.6 is 15.9 Å². The number of hydrogen-bond donors (Lipinski definition) is 1. The molecule has 24 heavy (non-hydrogen) atoms. The normalized spacial score (nSPS) is 10.7. The van der Waals surface area contributed by atoms with Crippen LogP contribution in [0.5, 0.6) is 11.5 Å². The van der Waals surface area contributed by atoms with Gasteiger partial charge in [0.25, 0.3) is 5.91 Å². The minimum absolute atomic E-state index is 0.102. The van der Waals surface area contributed by atoms with Crippen LogP contribution in [-0.4, -0.2) is 25.8 Å². The van der Waals surface area contributed by atoms with Crippen LogP contribution in [0.25, 0.3) is 0 Å². The molecule has 2 aromatic carbocycles. The number of aryl methyl sites for hydroxylation is 2. The van der Waals surface area contributed by atoms with Gasteiger partial charge in [0.15, 0.2) is 6.61 Å². The van der Waals surface area contributed by atoms with Crippen LogP contribution in [-0.2, 0) is 4.79 Å². The molecule has 0 spiro atoms. The van der Waals surface area contributed by atoms with Crippen LogP contribution in [0.4, 0.5) is 0 Å². The van der Waals surface area contributed by atoms with Crippen LogP contribution in [0.3, 0.4) is 0 Å². The van der Waals surface area contributed by atoms with E-state index in [1.165, 1.54) is 11.8 Å². The Hall–Kier alpha value is -2.34. The largest absolute Gasteiger partial charge is 0.496 e. The lowest BCUT2D eigenvalue weighted by molar-refractivity contribution is -0.123. The highest BCUT2D eigenvalue weighted by atomic mass is 79.9. The Bertz CT molecular complexity index is 760. The van der Waals surface area contributed by atoms with Gasteiger partial charge in [0.1, 0.15) is 11.5 Å². The van der Waals surface area contributed by atoms with E-state index in [1.807, 2.05) is 50.2 Å². The monoisotopic (exact) mass is 390 g/mol. The zero-order valence-electron chi connectivity index (χ0n) is 13.8. The quantitative estimate of drug-likeness (QED) is 0.605. The van der Waals surface area contributed by atoms with Gasteiger partial charge in [0.2, 0.25) is 0 Å². The fourth-order valence-corrected chi connectivity index (χ4v) is 2.34. The number of nitrogens with one attached hydrogen (secondary N) is 1. The number of amides is 1. The molecular formula is C18H19BrN2O3. The van der Waals surface area contributed by atoms with Crippen molar-refractivity contribution in [2.45, 2.75) is 13.8 Å². The summed E-state index contributed by atoms with van der Waals surface area (Å²) in [6.45, 7) is 3.92. The molecule has 2 rings (SSSR count). The number of rotatable bonds is 6. The average molecular weight is 391 g/mol. The van der Waals surface area contributed by atoms with Gasteiger partial charge in [0.05, 0.1) is 13.3 Å². The lowest BCUT2D eigenvalue weighted by Crippen LogP contribution is -2.24. The predicted octanol–water partition coefficient (Wildman–Crippen LogP) is 3.60. The van der Waals surface area contributed by atoms with E-state index in [9.17, 15) is 4.79 Å². The lowest BCUT2D eigenvalue weighted by atomic mass is 10.1. The highest BCUT2D eigenvalue weighted by molar-refractivity contribution is 9.10. The van der Waals surface area contributed by atoms with Gasteiger partial charge in [-0.05, 0) is 55.3 Å². The van der Waals surface area contributed by atoms with Crippen LogP contribution in [0.1, 0.15) is 16.7 Å². The second kappa shape index (κ2) is 8.49. The van der Waals surface area contributed by atoms with Crippen molar-refractivity contribution in [1.82, 2.24) is 5.43 Å². The summed E-state index contributed by atoms with van der Waals surface area (Å²) in [7, 11) is 1.58. The van der Waals surface area contributed by atoms with Gasteiger partial charge in [-0.2, -0.15) is 5.10 Å². The Morgan fingerprint density at radius 2 is 2.00 bits per heavy atom. The number of carbonyl (C=O) groups is 1. The fourth-order valence-electron chi connectivity index (χ4n) is 1.96. The number of ether oxygens (including phenoxy) is 2. The van der Waals surface area contributed by atoms with E-state index >= 15 is 0 Å². The Morgan fingerprint density at radius 1 is 1.21 bits per heavy atom. The first kappa shape index (κ1) is 18.0. The van der Waals surface area contributed by atoms with Gasteiger partial charge in [0, 0.05) is 10.0 Å². The van der Waals surface area contributed by atoms with Gasteiger partial charge in [-0.3, -0.25) is 4.79 Å². The first-order chi connectivity index (χ1) is 11.5. The van der Waals surface area contributed by atoms with E-state index in [2.05, 4.69) is 26.5 Å². The summed E-state index contributed by atoms with van der Waals surface area (Å²) in [5, 5.41) is 3.93. The van der Waals surface area contributed by atoms with Crippen molar-refractivity contribution in [2.24, 2.45) is 5.10 Å². The molecule has 0 aliphatic rings. The summed E-state index contributed by atoms with van der Waals surface area (Å²) < 4.78 is 11.6. The Morgan fingerprint density at radius 3 is 2.71 bits per heavy atom. The van der Waals surface area contributed by atoms with E-state index in [0.29, 0.717) is 11.5 Å². The van der Waals surface area contributed by atoms with E-state index in [1.54, 1.807) is 7.11 Å². The summed E-state index contributed by atoms with van der Waals surface area (Å²) in [5.74, 6) is 0.993. The van der Waals surface area contributed by atoms with Gasteiger partial charge in [-0.25, -0.2) is 5.43 Å². The zero-order chi connectivity index (χ0) is 17.5. The third-order valence-corrected chi connectivity index (χ3v) is 3.93. The summed E-state index contributed by atoms with van der Waals surface area (Å²) in [5.41, 5.74) is 5.48. The molecule has 6 heteroatoms. The number of halogens is 1. The Balaban J connectivity index is 1.89. The van der Waals surface area contributed by atoms with Crippen molar-refractivity contribution in [3.63, 3.8) is 0 Å². The number of benzene rings is 2. The molecule has 0 aliphatic heterocycles. The highest BCUT2D eigenvalue weighted by Gasteiger charge is 2.04. The molecule has 1 N–H and O–H groups in total. The third kappa shape index (κ3) is 5.09. The molecule has 0 fully saturated rings. The van der Waals surface area contributed by atoms with Crippen molar-refractivity contribution in [3.8, 4) is 11.5 Å². The number of carbonyl (C=O) groups excluding carboxylic acids is 1. The maximum absolute atomic E-state index is 11.8. The third-order valence-electron chi connectivity index (χ3n) is 3.43. The number of hydrazone groups is 1. The molecule has 0 radical (unpaired) electrons. The fraction of sp³-hybridized carbons (Fsp3) is 0.222. The SMILES string of the molecule is COc1ccc(Br)cc1/C=N\NC(=O)COc1ccc(C)c(C)c1. The molecule has 0 unspecified atom stereocenters. The minimum Gasteiger partial charge on any atom is -0.496 e. The van der Waals surface area contributed by atoms with Crippen molar-refractivity contribution < 1.29 is 14.3 Å². The van der Waals surface area contributed by atoms with Gasteiger partial charge in [-0.1, -0.05) is 22.0 Å². The predicted molar refractivity (Wildman–Crippen MR) is 97.8 cm³/mol. The molecule has 0 aliphatic carbocycles. The smallest absolute Gasteiger partial charge is 0.277 e. The highest BCUT2D eigenvalue weighted by Crippen LogP contribution is 2.21. The lowest BCUT2D eigenvalue weighted by Gasteiger charge is -2.07. The van der Waals surface area contributed by atoms with Gasteiger partial charge >= 0.3 is 0 Å². The van der Waals surface area contributed by atoms with Crippen LogP contribution in [0.15, 0.2) is 46.0 Å². The van der Waals surface area contributed by atoms with E-state index < -0.39 is 0 Å². The molecule has 1 amide bonds. The topological polar surface area (TPSA) is 59.9 Å². The minimum atomic E-state index is -0.335. The van der Waals surface area contributed by atoms with Gasteiger partial charge < -0.3 is 9.47 Å². The maximum Gasteiger partial charge on any atom is 0.277 e. The molecule has 5 nitrogen and oxygen atoms in total. The van der Waals surface area contributed by atoms with Crippen molar-refractivity contribution in [3.05, 3.63) is 57.6 Å². The average Bonchev–Trinajstić information content (AvgIpc) is 2.56. The molecule has 0 saturated carbocycles. The molecular weight excluding hydrogens is 372 g/mol. The number of hydrogen-bond acceptors (Lipinski definition) is 4. The summed E-state index contributed by atoms with van der Waals surface area (Å²) in [6, 6.07) is 11.2. The van der Waals surface area contributed by atoms with E-state index in [0.717, 1.165) is 15.6 Å². The standard InChI is InChI=1S/C18H19BrN2O3/c1-12-4-6-16(8-13(12)2)24-11-18(22)21-20-10-14-9-15(19)5-7-17(14)23-3/h4-10H,11H2,1-3H3,(H,21,22)/b20-10-. The molecule has 0 saturated heterocycles. The second-order valence-electron chi connectivity index (χ2n) is 5.21. The Kier molecular flexibility index (Phi) is 6.37. The van der Waals surface area contributed by atoms with Crippen molar-refractivity contribution in [2.75, 3.05) is 13.7 Å². The molecule has 2 aromatic rings. The first-order valence-corrected chi connectivity index (χ1v) is 8.14. The summed E-state index contributed by atoms with van der Waals surface area (Å²) in [6.07, 6.45) is 1.53. The summed E-state index contributed by atoms with van der Waals surface area (Å²) >= 11 is 3.38. The zero-order valence-corrected chi connectivity index (χ0v) is 15.4. The van der Waals surface area contributed by atoms with Crippen LogP contribution < -0.4 is 14.9 Å². The second-order valence-corrected chi connectivity index (χ2v) is 6.13. The number of methoxy groups -OCH3 is 1. The van der Waals surface area contributed by atoms with Crippen LogP contribution in [0.2, 0.25) is 0 Å². The summed E-state index contributed by atoms with van der Waals surface area (Å²) in [4.78, 5) is 11.8. The molecule has 0 heterocycles. The van der Waals surface area contributed by atoms with E-state index in [4.69, 9.17) is 9.47 Å². The molecule has 126 valence electrons. The van der Waals surface area contributed by atoms with Crippen molar-refractivity contribution >= 4 is 28.1 Å². The van der Waals surface area contributed by atoms with Crippen LogP contribution in [0, 0.1) is 13.8 Å². The van der Waals surface area contributed by atoms with E-state index in [-0.39, 0.29) is 12.5 Å². The Labute approximate surface area is 149 Å². The van der Waals surface area contributed by atoms with Crippen molar-refractivity contribution in [1.29, 1.82) is 0 Å². The maximum atomic E-state index is 11.8. The molecule has 0 atom stereocenters.